The monoisotopic (exact) mass is 468 g/mol. The van der Waals surface area contributed by atoms with Crippen molar-refractivity contribution in [2.45, 2.75) is 25.4 Å². The summed E-state index contributed by atoms with van der Waals surface area (Å²) in [5, 5.41) is 12.4. The number of benzene rings is 2. The van der Waals surface area contributed by atoms with Gasteiger partial charge in [-0.1, -0.05) is 30.3 Å². The molecular formula is C25H26F2N4O3. The number of piperazine rings is 1. The van der Waals surface area contributed by atoms with E-state index in [2.05, 4.69) is 10.2 Å². The van der Waals surface area contributed by atoms with Crippen LogP contribution in [0.25, 0.3) is 10.9 Å². The molecule has 1 aliphatic heterocycles. The van der Waals surface area contributed by atoms with Gasteiger partial charge in [0.05, 0.1) is 16.6 Å². The van der Waals surface area contributed by atoms with Gasteiger partial charge in [0.2, 0.25) is 5.43 Å². The third kappa shape index (κ3) is 3.90. The van der Waals surface area contributed by atoms with Gasteiger partial charge < -0.3 is 24.8 Å². The average molecular weight is 469 g/mol. The number of anilines is 2. The highest BCUT2D eigenvalue weighted by molar-refractivity contribution is 6.00. The van der Waals surface area contributed by atoms with Gasteiger partial charge >= 0.3 is 5.97 Å². The molecule has 34 heavy (non-hydrogen) atoms. The molecule has 178 valence electrons. The number of rotatable bonds is 6. The van der Waals surface area contributed by atoms with Crippen LogP contribution in [0.1, 0.15) is 34.8 Å². The first-order chi connectivity index (χ1) is 16.4. The maximum absolute atomic E-state index is 16.1. The van der Waals surface area contributed by atoms with Crippen LogP contribution in [0.5, 0.6) is 0 Å². The zero-order valence-electron chi connectivity index (χ0n) is 18.9. The molecule has 2 aliphatic rings. The number of carboxylic acid groups (broad SMARTS) is 1. The van der Waals surface area contributed by atoms with Crippen molar-refractivity contribution < 1.29 is 18.7 Å². The topological polar surface area (TPSA) is 77.8 Å². The van der Waals surface area contributed by atoms with E-state index in [0.717, 1.165) is 18.4 Å². The smallest absolute Gasteiger partial charge is 0.341 e. The molecule has 1 saturated carbocycles. The second kappa shape index (κ2) is 8.72. The summed E-state index contributed by atoms with van der Waals surface area (Å²) < 4.78 is 33.7. The summed E-state index contributed by atoms with van der Waals surface area (Å²) in [4.78, 5) is 28.8. The molecule has 2 aromatic carbocycles. The van der Waals surface area contributed by atoms with Crippen LogP contribution in [0.2, 0.25) is 0 Å². The number of carboxylic acids is 1. The van der Waals surface area contributed by atoms with E-state index in [1.54, 1.807) is 4.90 Å². The van der Waals surface area contributed by atoms with Crippen LogP contribution in [0.3, 0.4) is 0 Å². The summed E-state index contributed by atoms with van der Waals surface area (Å²) in [5.41, 5.74) is -0.906. The van der Waals surface area contributed by atoms with Gasteiger partial charge in [-0.15, -0.1) is 0 Å². The predicted octanol–water partition coefficient (Wildman–Crippen LogP) is 3.68. The van der Waals surface area contributed by atoms with Crippen molar-refractivity contribution in [1.82, 2.24) is 9.47 Å². The summed E-state index contributed by atoms with van der Waals surface area (Å²) in [5.74, 6) is -3.10. The largest absolute Gasteiger partial charge is 0.477 e. The van der Waals surface area contributed by atoms with Crippen LogP contribution in [-0.4, -0.2) is 53.8 Å². The van der Waals surface area contributed by atoms with E-state index < -0.39 is 28.6 Å². The van der Waals surface area contributed by atoms with Crippen molar-refractivity contribution in [2.75, 3.05) is 43.4 Å². The lowest BCUT2D eigenvalue weighted by Gasteiger charge is -2.35. The molecule has 1 saturated heterocycles. The van der Waals surface area contributed by atoms with Crippen LogP contribution in [-0.2, 0) is 6.54 Å². The summed E-state index contributed by atoms with van der Waals surface area (Å²) in [6.07, 6.45) is 2.69. The van der Waals surface area contributed by atoms with E-state index in [-0.39, 0.29) is 34.9 Å². The zero-order valence-corrected chi connectivity index (χ0v) is 18.9. The van der Waals surface area contributed by atoms with Crippen LogP contribution in [0, 0.1) is 11.6 Å². The third-order valence-electron chi connectivity index (χ3n) is 6.63. The molecule has 0 unspecified atom stereocenters. The zero-order chi connectivity index (χ0) is 24.0. The molecule has 0 bridgehead atoms. The number of hydrogen-bond donors (Lipinski definition) is 2. The minimum absolute atomic E-state index is 0.0385. The normalized spacial score (nSPS) is 16.7. The van der Waals surface area contributed by atoms with Crippen LogP contribution < -0.4 is 15.6 Å². The Labute approximate surface area is 195 Å². The van der Waals surface area contributed by atoms with Gasteiger partial charge in [0.25, 0.3) is 0 Å². The first-order valence-electron chi connectivity index (χ1n) is 11.4. The highest BCUT2D eigenvalue weighted by atomic mass is 19.1. The molecule has 2 heterocycles. The number of carbonyl (C=O) groups is 1. The van der Waals surface area contributed by atoms with Crippen molar-refractivity contribution in [3.8, 4) is 0 Å². The number of nitrogens with one attached hydrogen (secondary N) is 1. The number of halogens is 2. The predicted molar refractivity (Wildman–Crippen MR) is 127 cm³/mol. The Morgan fingerprint density at radius 1 is 1.09 bits per heavy atom. The number of fused-ring (bicyclic) bond motifs is 1. The SMILES string of the molecule is CN1CCN(c2c(F)c(NCc3ccccc3)c3c(=O)c(C(=O)O)cn(C4CC4)c3c2F)CC1. The van der Waals surface area contributed by atoms with E-state index in [9.17, 15) is 14.7 Å². The first-order valence-corrected chi connectivity index (χ1v) is 11.4. The first kappa shape index (κ1) is 22.3. The van der Waals surface area contributed by atoms with Crippen LogP contribution >= 0.6 is 0 Å². The molecule has 1 aliphatic carbocycles. The van der Waals surface area contributed by atoms with E-state index in [1.165, 1.54) is 10.8 Å². The van der Waals surface area contributed by atoms with Gasteiger partial charge in [0.15, 0.2) is 11.6 Å². The van der Waals surface area contributed by atoms with Crippen LogP contribution in [0.15, 0.2) is 41.3 Å². The van der Waals surface area contributed by atoms with Crippen molar-refractivity contribution in [3.05, 3.63) is 69.5 Å². The minimum Gasteiger partial charge on any atom is -0.477 e. The number of aromatic carboxylic acids is 1. The highest BCUT2D eigenvalue weighted by Crippen LogP contribution is 2.42. The Balaban J connectivity index is 1.76. The third-order valence-corrected chi connectivity index (χ3v) is 6.63. The Morgan fingerprint density at radius 3 is 2.38 bits per heavy atom. The fraction of sp³-hybridized carbons (Fsp3) is 0.360. The molecule has 1 aromatic heterocycles. The number of nitrogens with zero attached hydrogens (tertiary/aromatic N) is 3. The minimum atomic E-state index is -1.42. The fourth-order valence-corrected chi connectivity index (χ4v) is 4.58. The molecule has 0 radical (unpaired) electrons. The standard InChI is InChI=1S/C25H26F2N4O3/c1-29-9-11-30(12-10-29)23-19(26)21(28-13-15-5-3-2-4-6-15)18-22(20(23)27)31(16-7-8-16)14-17(24(18)32)25(33)34/h2-6,14,16,28H,7-13H2,1H3,(H,33,34). The summed E-state index contributed by atoms with van der Waals surface area (Å²) in [7, 11) is 1.95. The molecule has 0 spiro atoms. The lowest BCUT2D eigenvalue weighted by Crippen LogP contribution is -2.45. The lowest BCUT2D eigenvalue weighted by atomic mass is 10.0. The molecule has 3 aromatic rings. The average Bonchev–Trinajstić information content (AvgIpc) is 3.66. The molecule has 2 fully saturated rings. The number of hydrogen-bond acceptors (Lipinski definition) is 5. The summed E-state index contributed by atoms with van der Waals surface area (Å²) in [6.45, 7) is 2.37. The molecule has 7 nitrogen and oxygen atoms in total. The molecule has 0 amide bonds. The fourth-order valence-electron chi connectivity index (χ4n) is 4.58. The number of likely N-dealkylation sites (N-methyl/N-ethyl adjacent to an activating group) is 1. The van der Waals surface area contributed by atoms with E-state index >= 15 is 8.78 Å². The Hall–Kier alpha value is -3.46. The van der Waals surface area contributed by atoms with Crippen LogP contribution in [0.4, 0.5) is 20.2 Å². The maximum Gasteiger partial charge on any atom is 0.341 e. The van der Waals surface area contributed by atoms with Gasteiger partial charge in [-0.05, 0) is 25.5 Å². The second-order valence-corrected chi connectivity index (χ2v) is 9.02. The van der Waals surface area contributed by atoms with Gasteiger partial charge in [0.1, 0.15) is 11.3 Å². The van der Waals surface area contributed by atoms with Gasteiger partial charge in [-0.25, -0.2) is 13.6 Å². The van der Waals surface area contributed by atoms with Crippen molar-refractivity contribution in [2.24, 2.45) is 0 Å². The Kier molecular flexibility index (Phi) is 5.73. The van der Waals surface area contributed by atoms with Gasteiger partial charge in [0, 0.05) is 45.0 Å². The lowest BCUT2D eigenvalue weighted by molar-refractivity contribution is 0.0695. The Morgan fingerprint density at radius 2 is 1.76 bits per heavy atom. The van der Waals surface area contributed by atoms with Gasteiger partial charge in [-0.2, -0.15) is 0 Å². The molecule has 0 atom stereocenters. The Bertz CT molecular complexity index is 1310. The molecule has 5 rings (SSSR count). The van der Waals surface area contributed by atoms with E-state index in [4.69, 9.17) is 0 Å². The van der Waals surface area contributed by atoms with Crippen molar-refractivity contribution >= 4 is 28.2 Å². The maximum atomic E-state index is 16.1. The van der Waals surface area contributed by atoms with Gasteiger partial charge in [-0.3, -0.25) is 4.79 Å². The quantitative estimate of drug-likeness (QED) is 0.575. The van der Waals surface area contributed by atoms with Crippen molar-refractivity contribution in [3.63, 3.8) is 0 Å². The summed E-state index contributed by atoms with van der Waals surface area (Å²) in [6, 6.07) is 9.12. The number of pyridine rings is 1. The highest BCUT2D eigenvalue weighted by Gasteiger charge is 2.34. The molecular weight excluding hydrogens is 442 g/mol. The molecule has 9 heteroatoms. The summed E-state index contributed by atoms with van der Waals surface area (Å²) >= 11 is 0. The second-order valence-electron chi connectivity index (χ2n) is 9.02. The van der Waals surface area contributed by atoms with E-state index in [1.807, 2.05) is 37.4 Å². The number of aromatic nitrogens is 1. The van der Waals surface area contributed by atoms with Crippen molar-refractivity contribution in [1.29, 1.82) is 0 Å². The van der Waals surface area contributed by atoms with E-state index in [0.29, 0.717) is 26.2 Å². The molecule has 2 N–H and O–H groups in total.